The maximum atomic E-state index is 4.81. The third-order valence-electron chi connectivity index (χ3n) is 4.81. The van der Waals surface area contributed by atoms with Crippen LogP contribution in [0.2, 0.25) is 0 Å². The van der Waals surface area contributed by atoms with E-state index in [9.17, 15) is 0 Å². The molecular formula is C17H27N3. The second kappa shape index (κ2) is 5.72. The van der Waals surface area contributed by atoms with Gasteiger partial charge in [0, 0.05) is 30.6 Å². The first-order valence-electron chi connectivity index (χ1n) is 8.09. The highest BCUT2D eigenvalue weighted by Gasteiger charge is 2.27. The molecule has 1 unspecified atom stereocenters. The second-order valence-electron chi connectivity index (χ2n) is 6.92. The molecule has 2 saturated carbocycles. The highest BCUT2D eigenvalue weighted by atomic mass is 15.3. The van der Waals surface area contributed by atoms with E-state index in [2.05, 4.69) is 41.8 Å². The molecule has 3 heteroatoms. The van der Waals surface area contributed by atoms with Crippen molar-refractivity contribution < 1.29 is 0 Å². The van der Waals surface area contributed by atoms with E-state index in [1.807, 2.05) is 0 Å². The van der Waals surface area contributed by atoms with Crippen molar-refractivity contribution >= 4 is 0 Å². The van der Waals surface area contributed by atoms with E-state index in [0.717, 1.165) is 19.0 Å². The van der Waals surface area contributed by atoms with Crippen molar-refractivity contribution in [2.75, 3.05) is 6.54 Å². The largest absolute Gasteiger partial charge is 0.313 e. The molecule has 3 nitrogen and oxygen atoms in total. The molecule has 1 aromatic rings. The van der Waals surface area contributed by atoms with Crippen LogP contribution in [0.5, 0.6) is 0 Å². The smallest absolute Gasteiger partial charge is 0.0633 e. The van der Waals surface area contributed by atoms with Gasteiger partial charge < -0.3 is 5.32 Å². The molecule has 20 heavy (non-hydrogen) atoms. The van der Waals surface area contributed by atoms with Gasteiger partial charge in [-0.25, -0.2) is 0 Å². The Bertz CT molecular complexity index is 455. The average molecular weight is 273 g/mol. The summed E-state index contributed by atoms with van der Waals surface area (Å²) in [6.45, 7) is 7.33. The van der Waals surface area contributed by atoms with Gasteiger partial charge in [0.25, 0.3) is 0 Å². The van der Waals surface area contributed by atoms with Gasteiger partial charge in [0.15, 0.2) is 0 Å². The van der Waals surface area contributed by atoms with Crippen molar-refractivity contribution in [3.05, 3.63) is 30.6 Å². The first kappa shape index (κ1) is 13.9. The molecule has 1 N–H and O–H groups in total. The van der Waals surface area contributed by atoms with Gasteiger partial charge in [-0.3, -0.25) is 4.68 Å². The molecule has 0 spiro atoms. The van der Waals surface area contributed by atoms with Crippen LogP contribution in [0.3, 0.4) is 0 Å². The number of nitrogens with one attached hydrogen (secondary N) is 1. The van der Waals surface area contributed by atoms with Gasteiger partial charge in [0.05, 0.1) is 11.7 Å². The molecule has 0 saturated heterocycles. The summed E-state index contributed by atoms with van der Waals surface area (Å²) in [4.78, 5) is 0. The number of hydrogen-bond acceptors (Lipinski definition) is 2. The maximum Gasteiger partial charge on any atom is 0.0633 e. The van der Waals surface area contributed by atoms with Crippen molar-refractivity contribution in [1.82, 2.24) is 15.1 Å². The monoisotopic (exact) mass is 273 g/mol. The molecule has 0 bridgehead atoms. The molecule has 110 valence electrons. The van der Waals surface area contributed by atoms with Crippen molar-refractivity contribution in [2.45, 2.75) is 64.0 Å². The van der Waals surface area contributed by atoms with E-state index in [4.69, 9.17) is 5.10 Å². The number of nitrogens with zero attached hydrogens (tertiary/aromatic N) is 2. The summed E-state index contributed by atoms with van der Waals surface area (Å²) in [5, 5.41) is 8.43. The summed E-state index contributed by atoms with van der Waals surface area (Å²) in [6, 6.07) is 3.59. The fourth-order valence-corrected chi connectivity index (χ4v) is 3.13. The molecule has 0 aromatic carbocycles. The summed E-state index contributed by atoms with van der Waals surface area (Å²) < 4.78 is 2.19. The summed E-state index contributed by atoms with van der Waals surface area (Å²) in [5.41, 5.74) is 1.31. The summed E-state index contributed by atoms with van der Waals surface area (Å²) in [6.07, 6.45) is 13.2. The summed E-state index contributed by atoms with van der Waals surface area (Å²) in [7, 11) is 0. The van der Waals surface area contributed by atoms with Crippen LogP contribution in [-0.2, 0) is 6.42 Å². The lowest BCUT2D eigenvalue weighted by Gasteiger charge is -2.25. The van der Waals surface area contributed by atoms with Crippen molar-refractivity contribution in [3.8, 4) is 0 Å². The van der Waals surface area contributed by atoms with E-state index >= 15 is 0 Å². The first-order chi connectivity index (χ1) is 9.68. The number of aromatic nitrogens is 2. The van der Waals surface area contributed by atoms with Gasteiger partial charge in [-0.1, -0.05) is 25.8 Å². The minimum atomic E-state index is 0.109. The maximum absolute atomic E-state index is 4.81. The Hall–Kier alpha value is -1.09. The predicted molar refractivity (Wildman–Crippen MR) is 82.8 cm³/mol. The lowest BCUT2D eigenvalue weighted by atomic mass is 9.85. The molecule has 3 rings (SSSR count). The topological polar surface area (TPSA) is 29.9 Å². The van der Waals surface area contributed by atoms with E-state index in [1.165, 1.54) is 44.2 Å². The Labute approximate surface area is 122 Å². The third-order valence-corrected chi connectivity index (χ3v) is 4.81. The summed E-state index contributed by atoms with van der Waals surface area (Å²) >= 11 is 0. The zero-order valence-corrected chi connectivity index (χ0v) is 12.6. The van der Waals surface area contributed by atoms with Crippen LogP contribution in [0.25, 0.3) is 0 Å². The van der Waals surface area contributed by atoms with Gasteiger partial charge in [0.1, 0.15) is 0 Å². The standard InChI is InChI=1S/C17H27N3/c1-3-17(2,13-18-14-8-9-14)12-15-10-11-20(19-15)16-6-4-5-7-16/h3,10-11,14,16,18H,1,4-9,12-13H2,2H3. The van der Waals surface area contributed by atoms with Gasteiger partial charge in [0.2, 0.25) is 0 Å². The van der Waals surface area contributed by atoms with Crippen LogP contribution in [0.4, 0.5) is 0 Å². The zero-order chi connectivity index (χ0) is 14.0. The molecule has 0 amide bonds. The molecule has 0 radical (unpaired) electrons. The Morgan fingerprint density at radius 1 is 1.40 bits per heavy atom. The van der Waals surface area contributed by atoms with Crippen LogP contribution in [-0.4, -0.2) is 22.4 Å². The average Bonchev–Trinajstić information content (AvgIpc) is 2.91. The fraction of sp³-hybridized carbons (Fsp3) is 0.706. The Kier molecular flexibility index (Phi) is 3.97. The molecule has 0 aliphatic heterocycles. The van der Waals surface area contributed by atoms with E-state index in [-0.39, 0.29) is 5.41 Å². The van der Waals surface area contributed by atoms with Gasteiger partial charge in [-0.05, 0) is 31.7 Å². The van der Waals surface area contributed by atoms with Crippen LogP contribution in [0.1, 0.15) is 57.2 Å². The van der Waals surface area contributed by atoms with E-state index < -0.39 is 0 Å². The van der Waals surface area contributed by atoms with E-state index in [0.29, 0.717) is 6.04 Å². The minimum absolute atomic E-state index is 0.109. The zero-order valence-electron chi connectivity index (χ0n) is 12.6. The van der Waals surface area contributed by atoms with Crippen molar-refractivity contribution in [2.24, 2.45) is 5.41 Å². The highest BCUT2D eigenvalue weighted by Crippen LogP contribution is 2.30. The Morgan fingerprint density at radius 3 is 2.80 bits per heavy atom. The third kappa shape index (κ3) is 3.32. The number of hydrogen-bond donors (Lipinski definition) is 1. The predicted octanol–water partition coefficient (Wildman–Crippen LogP) is 3.49. The second-order valence-corrected chi connectivity index (χ2v) is 6.92. The van der Waals surface area contributed by atoms with Crippen LogP contribution in [0.15, 0.2) is 24.9 Å². The highest BCUT2D eigenvalue weighted by molar-refractivity contribution is 5.08. The van der Waals surface area contributed by atoms with Crippen LogP contribution in [0, 0.1) is 5.41 Å². The number of rotatable bonds is 7. The lowest BCUT2D eigenvalue weighted by Crippen LogP contribution is -2.33. The molecule has 1 atom stereocenters. The van der Waals surface area contributed by atoms with Crippen LogP contribution < -0.4 is 5.32 Å². The SMILES string of the molecule is C=CC(C)(CNC1CC1)Cc1ccn(C2CCCC2)n1. The Morgan fingerprint density at radius 2 is 2.15 bits per heavy atom. The van der Waals surface area contributed by atoms with Gasteiger partial charge in [-0.15, -0.1) is 6.58 Å². The van der Waals surface area contributed by atoms with Crippen molar-refractivity contribution in [1.29, 1.82) is 0 Å². The van der Waals surface area contributed by atoms with Crippen LogP contribution >= 0.6 is 0 Å². The normalized spacial score (nSPS) is 22.9. The van der Waals surface area contributed by atoms with Gasteiger partial charge in [-0.2, -0.15) is 5.10 Å². The molecule has 2 fully saturated rings. The molecular weight excluding hydrogens is 246 g/mol. The minimum Gasteiger partial charge on any atom is -0.313 e. The molecule has 1 heterocycles. The molecule has 2 aliphatic rings. The van der Waals surface area contributed by atoms with E-state index in [1.54, 1.807) is 0 Å². The Balaban J connectivity index is 1.60. The molecule has 2 aliphatic carbocycles. The first-order valence-corrected chi connectivity index (χ1v) is 8.09. The quantitative estimate of drug-likeness (QED) is 0.771. The van der Waals surface area contributed by atoms with Gasteiger partial charge >= 0.3 is 0 Å². The summed E-state index contributed by atoms with van der Waals surface area (Å²) in [5.74, 6) is 0. The fourth-order valence-electron chi connectivity index (χ4n) is 3.13. The molecule has 1 aromatic heterocycles. The van der Waals surface area contributed by atoms with Crippen molar-refractivity contribution in [3.63, 3.8) is 0 Å². The lowest BCUT2D eigenvalue weighted by molar-refractivity contribution is 0.380.